The number of rotatable bonds is 11. The van der Waals surface area contributed by atoms with Crippen molar-refractivity contribution >= 4 is 17.7 Å². The molecule has 0 bridgehead atoms. The zero-order chi connectivity index (χ0) is 29.4. The minimum atomic E-state index is -4.40. The molecule has 1 amide bonds. The average Bonchev–Trinajstić information content (AvgIpc) is 3.55. The fourth-order valence-electron chi connectivity index (χ4n) is 5.18. The Kier molecular flexibility index (Phi) is 9.35. The number of alkyl halides is 3. The van der Waals surface area contributed by atoms with E-state index in [-0.39, 0.29) is 12.5 Å². The van der Waals surface area contributed by atoms with Crippen molar-refractivity contribution in [2.75, 3.05) is 10.6 Å². The highest BCUT2D eigenvalue weighted by molar-refractivity contribution is 5.84. The van der Waals surface area contributed by atoms with Gasteiger partial charge in [0.1, 0.15) is 17.7 Å². The molecule has 1 fully saturated rings. The minimum Gasteiger partial charge on any atom is -0.358 e. The van der Waals surface area contributed by atoms with Crippen LogP contribution in [0.5, 0.6) is 0 Å². The SMILES string of the molecule is O=C(NCc1ccc(C(F)(F)F)cc1)[C@@H](CC1CCCCC1)Nc1cc(-n2cccc2)nc(NCc2cccnc2)n1. The predicted octanol–water partition coefficient (Wildman–Crippen LogP) is 6.36. The molecule has 11 heteroatoms. The number of hydrogen-bond donors (Lipinski definition) is 3. The van der Waals surface area contributed by atoms with E-state index >= 15 is 0 Å². The standard InChI is InChI=1S/C31H34F3N7O/c32-31(33,34)25-12-10-23(11-13-25)20-36-29(42)26(17-22-7-2-1-3-8-22)38-27-18-28(41-15-4-5-16-41)40-30(39-27)37-21-24-9-6-14-35-19-24/h4-6,9-16,18-19,22,26H,1-3,7-8,17,20-21H2,(H,36,42)(H2,37,38,39,40)/t26-/m1/s1. The number of nitrogens with zero attached hydrogens (tertiary/aromatic N) is 4. The lowest BCUT2D eigenvalue weighted by molar-refractivity contribution is -0.137. The van der Waals surface area contributed by atoms with Crippen LogP contribution < -0.4 is 16.0 Å². The Morgan fingerprint density at radius 1 is 0.952 bits per heavy atom. The number of hydrogen-bond acceptors (Lipinski definition) is 6. The molecule has 0 radical (unpaired) electrons. The number of benzene rings is 1. The molecular weight excluding hydrogens is 543 g/mol. The first-order chi connectivity index (χ1) is 20.3. The molecule has 1 aromatic carbocycles. The number of carbonyl (C=O) groups is 1. The van der Waals surface area contributed by atoms with Crippen molar-refractivity contribution in [3.63, 3.8) is 0 Å². The Morgan fingerprint density at radius 2 is 1.71 bits per heavy atom. The average molecular weight is 578 g/mol. The molecule has 1 saturated carbocycles. The summed E-state index contributed by atoms with van der Waals surface area (Å²) in [5.74, 6) is 1.68. The van der Waals surface area contributed by atoms with Gasteiger partial charge >= 0.3 is 6.18 Å². The lowest BCUT2D eigenvalue weighted by Crippen LogP contribution is -2.41. The van der Waals surface area contributed by atoms with Gasteiger partial charge in [-0.15, -0.1) is 0 Å². The van der Waals surface area contributed by atoms with Crippen LogP contribution in [0.15, 0.2) is 79.4 Å². The van der Waals surface area contributed by atoms with E-state index in [1.807, 2.05) is 41.2 Å². The molecule has 3 N–H and O–H groups in total. The largest absolute Gasteiger partial charge is 0.416 e. The van der Waals surface area contributed by atoms with Gasteiger partial charge in [-0.2, -0.15) is 23.1 Å². The molecule has 0 aliphatic heterocycles. The van der Waals surface area contributed by atoms with Gasteiger partial charge in [0, 0.05) is 43.9 Å². The van der Waals surface area contributed by atoms with Gasteiger partial charge in [-0.05, 0) is 53.8 Å². The number of nitrogens with one attached hydrogen (secondary N) is 3. The van der Waals surface area contributed by atoms with Crippen LogP contribution in [0.2, 0.25) is 0 Å². The third-order valence-corrected chi connectivity index (χ3v) is 7.44. The van der Waals surface area contributed by atoms with E-state index in [9.17, 15) is 18.0 Å². The summed E-state index contributed by atoms with van der Waals surface area (Å²) in [5, 5.41) is 9.52. The smallest absolute Gasteiger partial charge is 0.358 e. The van der Waals surface area contributed by atoms with Gasteiger partial charge < -0.3 is 20.5 Å². The molecule has 1 atom stereocenters. The third kappa shape index (κ3) is 8.08. The van der Waals surface area contributed by atoms with Gasteiger partial charge in [-0.3, -0.25) is 9.78 Å². The van der Waals surface area contributed by atoms with Crippen molar-refractivity contribution < 1.29 is 18.0 Å². The summed E-state index contributed by atoms with van der Waals surface area (Å²) in [6.07, 6.45) is 9.05. The Labute approximate surface area is 242 Å². The summed E-state index contributed by atoms with van der Waals surface area (Å²) in [6, 6.07) is 13.7. The van der Waals surface area contributed by atoms with E-state index < -0.39 is 17.8 Å². The van der Waals surface area contributed by atoms with Crippen molar-refractivity contribution in [2.45, 2.75) is 63.8 Å². The summed E-state index contributed by atoms with van der Waals surface area (Å²) in [5.41, 5.74) is 0.844. The van der Waals surface area contributed by atoms with E-state index in [0.29, 0.717) is 42.0 Å². The Balaban J connectivity index is 1.34. The number of pyridine rings is 1. The van der Waals surface area contributed by atoms with E-state index in [0.717, 1.165) is 43.4 Å². The van der Waals surface area contributed by atoms with Crippen LogP contribution in [0, 0.1) is 5.92 Å². The van der Waals surface area contributed by atoms with Gasteiger partial charge in [-0.25, -0.2) is 0 Å². The lowest BCUT2D eigenvalue weighted by atomic mass is 9.84. The second-order valence-electron chi connectivity index (χ2n) is 10.6. The third-order valence-electron chi connectivity index (χ3n) is 7.44. The van der Waals surface area contributed by atoms with Crippen molar-refractivity contribution in [1.82, 2.24) is 24.8 Å². The van der Waals surface area contributed by atoms with E-state index in [2.05, 4.69) is 30.9 Å². The first-order valence-corrected chi connectivity index (χ1v) is 14.2. The highest BCUT2D eigenvalue weighted by atomic mass is 19.4. The van der Waals surface area contributed by atoms with Crippen molar-refractivity contribution in [1.29, 1.82) is 0 Å². The van der Waals surface area contributed by atoms with Crippen LogP contribution in [0.1, 0.15) is 55.2 Å². The minimum absolute atomic E-state index is 0.121. The van der Waals surface area contributed by atoms with Gasteiger partial charge in [0.05, 0.1) is 5.56 Å². The Morgan fingerprint density at radius 3 is 2.40 bits per heavy atom. The van der Waals surface area contributed by atoms with Crippen molar-refractivity contribution in [2.24, 2.45) is 5.92 Å². The number of amides is 1. The first-order valence-electron chi connectivity index (χ1n) is 14.2. The fraction of sp³-hybridized carbons (Fsp3) is 0.355. The predicted molar refractivity (Wildman–Crippen MR) is 155 cm³/mol. The van der Waals surface area contributed by atoms with Crippen molar-refractivity contribution in [3.8, 4) is 5.82 Å². The summed E-state index contributed by atoms with van der Waals surface area (Å²) < 4.78 is 40.7. The highest BCUT2D eigenvalue weighted by Crippen LogP contribution is 2.30. The van der Waals surface area contributed by atoms with Crippen LogP contribution in [0.4, 0.5) is 24.9 Å². The molecule has 1 aliphatic carbocycles. The molecule has 0 saturated heterocycles. The van der Waals surface area contributed by atoms with Gasteiger partial charge in [0.15, 0.2) is 0 Å². The monoisotopic (exact) mass is 577 g/mol. The molecule has 8 nitrogen and oxygen atoms in total. The number of aromatic nitrogens is 4. The van der Waals surface area contributed by atoms with Crippen molar-refractivity contribution in [3.05, 3.63) is 96.1 Å². The number of halogens is 3. The molecule has 0 spiro atoms. The maximum absolute atomic E-state index is 13.5. The second kappa shape index (κ2) is 13.5. The summed E-state index contributed by atoms with van der Waals surface area (Å²) in [6.45, 7) is 0.595. The van der Waals surface area contributed by atoms with Gasteiger partial charge in [0.2, 0.25) is 11.9 Å². The summed E-state index contributed by atoms with van der Waals surface area (Å²) >= 11 is 0. The fourth-order valence-corrected chi connectivity index (χ4v) is 5.18. The zero-order valence-electron chi connectivity index (χ0n) is 23.1. The van der Waals surface area contributed by atoms with E-state index in [1.165, 1.54) is 18.6 Å². The van der Waals surface area contributed by atoms with Gasteiger partial charge in [0.25, 0.3) is 0 Å². The molecule has 42 heavy (non-hydrogen) atoms. The molecule has 4 aromatic rings. The molecule has 3 aromatic heterocycles. The normalized spacial score (nSPS) is 14.7. The molecule has 0 unspecified atom stereocenters. The van der Waals surface area contributed by atoms with E-state index in [1.54, 1.807) is 18.5 Å². The molecule has 1 aliphatic rings. The van der Waals surface area contributed by atoms with Crippen LogP contribution in [0.25, 0.3) is 5.82 Å². The topological polar surface area (TPSA) is 96.8 Å². The first kappa shape index (κ1) is 29.1. The lowest BCUT2D eigenvalue weighted by Gasteiger charge is -2.27. The van der Waals surface area contributed by atoms with Crippen LogP contribution in [0.3, 0.4) is 0 Å². The summed E-state index contributed by atoms with van der Waals surface area (Å²) in [4.78, 5) is 27.0. The molecule has 220 valence electrons. The maximum Gasteiger partial charge on any atom is 0.416 e. The van der Waals surface area contributed by atoms with Crippen LogP contribution in [-0.2, 0) is 24.1 Å². The highest BCUT2D eigenvalue weighted by Gasteiger charge is 2.30. The maximum atomic E-state index is 13.5. The zero-order valence-corrected chi connectivity index (χ0v) is 23.1. The Bertz CT molecular complexity index is 1420. The second-order valence-corrected chi connectivity index (χ2v) is 10.6. The van der Waals surface area contributed by atoms with Gasteiger partial charge in [-0.1, -0.05) is 50.3 Å². The van der Waals surface area contributed by atoms with Crippen LogP contribution >= 0.6 is 0 Å². The molecule has 5 rings (SSSR count). The quantitative estimate of drug-likeness (QED) is 0.192. The van der Waals surface area contributed by atoms with E-state index in [4.69, 9.17) is 0 Å². The molecular formula is C31H34F3N7O. The number of carbonyl (C=O) groups excluding carboxylic acids is 1. The summed E-state index contributed by atoms with van der Waals surface area (Å²) in [7, 11) is 0. The van der Waals surface area contributed by atoms with Crippen LogP contribution in [-0.4, -0.2) is 31.5 Å². The Hall–Kier alpha value is -4.41. The number of anilines is 2. The molecule has 3 heterocycles.